The molecule has 90 valence electrons. The first-order valence-electron chi connectivity index (χ1n) is 4.96. The molecule has 2 N–H and O–H groups in total. The van der Waals surface area contributed by atoms with Crippen molar-refractivity contribution in [3.63, 3.8) is 0 Å². The Balaban J connectivity index is 2.30. The van der Waals surface area contributed by atoms with Crippen molar-refractivity contribution in [2.45, 2.75) is 18.9 Å². The number of methoxy groups -OCH3 is 1. The highest BCUT2D eigenvalue weighted by atomic mass is 31.2. The van der Waals surface area contributed by atoms with E-state index in [2.05, 4.69) is 9.42 Å². The fraction of sp³-hybridized carbons (Fsp3) is 1.00. The number of likely N-dealkylation sites (tertiary alicyclic amines) is 1. The van der Waals surface area contributed by atoms with Crippen molar-refractivity contribution in [3.8, 4) is 0 Å². The van der Waals surface area contributed by atoms with E-state index in [1.165, 1.54) is 0 Å². The summed E-state index contributed by atoms with van der Waals surface area (Å²) in [5.74, 6) is 0. The van der Waals surface area contributed by atoms with Crippen molar-refractivity contribution >= 4 is 7.82 Å². The Morgan fingerprint density at radius 1 is 1.53 bits per heavy atom. The maximum atomic E-state index is 10.5. The second kappa shape index (κ2) is 5.94. The zero-order valence-electron chi connectivity index (χ0n) is 8.83. The molecule has 0 aromatic carbocycles. The van der Waals surface area contributed by atoms with Gasteiger partial charge in [-0.2, -0.15) is 0 Å². The Bertz CT molecular complexity index is 231. The van der Waals surface area contributed by atoms with Gasteiger partial charge < -0.3 is 14.5 Å². The van der Waals surface area contributed by atoms with Crippen LogP contribution in [0.25, 0.3) is 0 Å². The van der Waals surface area contributed by atoms with Crippen molar-refractivity contribution in [1.82, 2.24) is 4.90 Å². The molecule has 1 aliphatic heterocycles. The molecule has 0 unspecified atom stereocenters. The van der Waals surface area contributed by atoms with Gasteiger partial charge in [-0.05, 0) is 19.4 Å². The van der Waals surface area contributed by atoms with E-state index in [1.807, 2.05) is 0 Å². The summed E-state index contributed by atoms with van der Waals surface area (Å²) in [6, 6.07) is 0.104. The summed E-state index contributed by atoms with van der Waals surface area (Å²) < 4.78 is 20.0. The molecule has 1 atom stereocenters. The summed E-state index contributed by atoms with van der Waals surface area (Å²) in [5.41, 5.74) is 0. The van der Waals surface area contributed by atoms with Crippen molar-refractivity contribution in [3.05, 3.63) is 0 Å². The first-order chi connectivity index (χ1) is 7.03. The Labute approximate surface area is 89.4 Å². The Morgan fingerprint density at radius 3 is 2.87 bits per heavy atom. The van der Waals surface area contributed by atoms with Crippen LogP contribution in [0.1, 0.15) is 12.8 Å². The fourth-order valence-corrected chi connectivity index (χ4v) is 2.14. The SMILES string of the molecule is COCCN1CCC[C@H]1COP(=O)(O)O. The van der Waals surface area contributed by atoms with Gasteiger partial charge in [0.25, 0.3) is 0 Å². The molecule has 1 saturated heterocycles. The van der Waals surface area contributed by atoms with Crippen molar-refractivity contribution in [2.75, 3.05) is 33.4 Å². The first kappa shape index (κ1) is 13.1. The molecule has 6 nitrogen and oxygen atoms in total. The first-order valence-corrected chi connectivity index (χ1v) is 6.49. The van der Waals surface area contributed by atoms with Gasteiger partial charge in [-0.3, -0.25) is 9.42 Å². The predicted molar refractivity (Wildman–Crippen MR) is 54.5 cm³/mol. The van der Waals surface area contributed by atoms with Crippen LogP contribution in [0.3, 0.4) is 0 Å². The molecule has 0 spiro atoms. The standard InChI is InChI=1S/C8H18NO5P/c1-13-6-5-9-4-2-3-8(9)7-14-15(10,11)12/h8H,2-7H2,1H3,(H2,10,11,12)/t8-/m0/s1. The molecule has 0 aromatic heterocycles. The summed E-state index contributed by atoms with van der Waals surface area (Å²) in [5, 5.41) is 0. The predicted octanol–water partition coefficient (Wildman–Crippen LogP) is 0.207. The fourth-order valence-electron chi connectivity index (χ4n) is 1.77. The summed E-state index contributed by atoms with van der Waals surface area (Å²) in [4.78, 5) is 19.3. The largest absolute Gasteiger partial charge is 0.469 e. The number of phosphoric acid groups is 1. The second-order valence-electron chi connectivity index (χ2n) is 3.61. The van der Waals surface area contributed by atoms with Crippen LogP contribution >= 0.6 is 7.82 Å². The van der Waals surface area contributed by atoms with Crippen LogP contribution in [0.2, 0.25) is 0 Å². The summed E-state index contributed by atoms with van der Waals surface area (Å²) in [7, 11) is -2.69. The topological polar surface area (TPSA) is 79.2 Å². The van der Waals surface area contributed by atoms with Gasteiger partial charge in [0, 0.05) is 19.7 Å². The summed E-state index contributed by atoms with van der Waals surface area (Å²) in [6.07, 6.45) is 1.96. The van der Waals surface area contributed by atoms with Gasteiger partial charge in [0.05, 0.1) is 13.2 Å². The summed E-state index contributed by atoms with van der Waals surface area (Å²) in [6.45, 7) is 2.45. The lowest BCUT2D eigenvalue weighted by Crippen LogP contribution is -2.35. The minimum absolute atomic E-state index is 0.0913. The summed E-state index contributed by atoms with van der Waals surface area (Å²) >= 11 is 0. The van der Waals surface area contributed by atoms with E-state index in [9.17, 15) is 4.57 Å². The van der Waals surface area contributed by atoms with Crippen molar-refractivity contribution in [2.24, 2.45) is 0 Å². The third-order valence-corrected chi connectivity index (χ3v) is 3.00. The zero-order valence-corrected chi connectivity index (χ0v) is 9.73. The molecule has 1 rings (SSSR count). The Kier molecular flexibility index (Phi) is 5.18. The number of hydrogen-bond acceptors (Lipinski definition) is 4. The zero-order chi connectivity index (χ0) is 11.3. The molecular formula is C8H18NO5P. The molecule has 15 heavy (non-hydrogen) atoms. The molecule has 0 aliphatic carbocycles. The van der Waals surface area contributed by atoms with Crippen LogP contribution in [0.4, 0.5) is 0 Å². The smallest absolute Gasteiger partial charge is 0.383 e. The van der Waals surface area contributed by atoms with Crippen LogP contribution in [-0.2, 0) is 13.8 Å². The molecule has 0 saturated carbocycles. The van der Waals surface area contributed by atoms with Crippen LogP contribution in [0.5, 0.6) is 0 Å². The quantitative estimate of drug-likeness (QED) is 0.645. The Morgan fingerprint density at radius 2 is 2.27 bits per heavy atom. The van der Waals surface area contributed by atoms with Gasteiger partial charge >= 0.3 is 7.82 Å². The normalized spacial score (nSPS) is 23.5. The highest BCUT2D eigenvalue weighted by Crippen LogP contribution is 2.36. The maximum Gasteiger partial charge on any atom is 0.469 e. The molecule has 1 fully saturated rings. The molecule has 1 aliphatic rings. The minimum atomic E-state index is -4.33. The van der Waals surface area contributed by atoms with Gasteiger partial charge in [0.1, 0.15) is 0 Å². The minimum Gasteiger partial charge on any atom is -0.383 e. The van der Waals surface area contributed by atoms with Gasteiger partial charge in [0.15, 0.2) is 0 Å². The Hall–Kier alpha value is 0.0300. The number of nitrogens with zero attached hydrogens (tertiary/aromatic N) is 1. The molecule has 0 aromatic rings. The third-order valence-electron chi connectivity index (χ3n) is 2.52. The van der Waals surface area contributed by atoms with E-state index < -0.39 is 7.82 Å². The lowest BCUT2D eigenvalue weighted by molar-refractivity contribution is 0.105. The molecule has 0 bridgehead atoms. The number of ether oxygens (including phenoxy) is 1. The van der Waals surface area contributed by atoms with E-state index in [4.69, 9.17) is 14.5 Å². The molecular weight excluding hydrogens is 221 g/mol. The highest BCUT2D eigenvalue weighted by Gasteiger charge is 2.26. The second-order valence-corrected chi connectivity index (χ2v) is 4.85. The molecule has 7 heteroatoms. The lowest BCUT2D eigenvalue weighted by atomic mass is 10.2. The van der Waals surface area contributed by atoms with Gasteiger partial charge in [-0.25, -0.2) is 4.57 Å². The van der Waals surface area contributed by atoms with E-state index in [1.54, 1.807) is 7.11 Å². The van der Waals surface area contributed by atoms with E-state index >= 15 is 0 Å². The monoisotopic (exact) mass is 239 g/mol. The average Bonchev–Trinajstić information content (AvgIpc) is 2.57. The third kappa shape index (κ3) is 5.06. The van der Waals surface area contributed by atoms with Crippen molar-refractivity contribution < 1.29 is 23.6 Å². The van der Waals surface area contributed by atoms with Gasteiger partial charge in [-0.1, -0.05) is 0 Å². The van der Waals surface area contributed by atoms with Crippen LogP contribution in [0.15, 0.2) is 0 Å². The van der Waals surface area contributed by atoms with Crippen LogP contribution in [-0.4, -0.2) is 54.1 Å². The van der Waals surface area contributed by atoms with E-state index in [0.29, 0.717) is 6.61 Å². The highest BCUT2D eigenvalue weighted by molar-refractivity contribution is 7.46. The molecule has 0 radical (unpaired) electrons. The van der Waals surface area contributed by atoms with Gasteiger partial charge in [0.2, 0.25) is 0 Å². The lowest BCUT2D eigenvalue weighted by Gasteiger charge is -2.23. The number of phosphoric ester groups is 1. The average molecular weight is 239 g/mol. The molecule has 1 heterocycles. The van der Waals surface area contributed by atoms with E-state index in [-0.39, 0.29) is 12.6 Å². The maximum absolute atomic E-state index is 10.5. The van der Waals surface area contributed by atoms with E-state index in [0.717, 1.165) is 25.9 Å². The van der Waals surface area contributed by atoms with Crippen LogP contribution < -0.4 is 0 Å². The van der Waals surface area contributed by atoms with Crippen LogP contribution in [0, 0.1) is 0 Å². The molecule has 0 amide bonds. The van der Waals surface area contributed by atoms with Crippen molar-refractivity contribution in [1.29, 1.82) is 0 Å². The number of rotatable bonds is 6. The number of hydrogen-bond donors (Lipinski definition) is 2. The van der Waals surface area contributed by atoms with Gasteiger partial charge in [-0.15, -0.1) is 0 Å².